The number of carboxylic acid groups (broad SMARTS) is 1. The molecule has 0 bridgehead atoms. The first-order valence-corrected chi connectivity index (χ1v) is 6.43. The Hall–Kier alpha value is -1.52. The van der Waals surface area contributed by atoms with Gasteiger partial charge in [-0.2, -0.15) is 0 Å². The zero-order valence-electron chi connectivity index (χ0n) is 11.4. The standard InChI is InChI=1S/C13H23N3O2/c1-10(2)11(4-5-12(17)18)6-7-14-13-15-8-9-16(13)3/h8-11H,4-7H2,1-3H3,(H,14,15)(H,17,18). The number of anilines is 1. The summed E-state index contributed by atoms with van der Waals surface area (Å²) < 4.78 is 1.93. The van der Waals surface area contributed by atoms with Gasteiger partial charge in [0.15, 0.2) is 0 Å². The molecular weight excluding hydrogens is 230 g/mol. The van der Waals surface area contributed by atoms with Gasteiger partial charge in [-0.3, -0.25) is 4.79 Å². The summed E-state index contributed by atoms with van der Waals surface area (Å²) in [4.78, 5) is 14.8. The van der Waals surface area contributed by atoms with E-state index in [4.69, 9.17) is 5.11 Å². The Balaban J connectivity index is 2.33. The maximum atomic E-state index is 10.6. The molecule has 0 aliphatic carbocycles. The molecule has 0 radical (unpaired) electrons. The highest BCUT2D eigenvalue weighted by molar-refractivity contribution is 5.66. The zero-order valence-corrected chi connectivity index (χ0v) is 11.4. The van der Waals surface area contributed by atoms with Crippen LogP contribution in [0.25, 0.3) is 0 Å². The van der Waals surface area contributed by atoms with Crippen molar-refractivity contribution in [1.82, 2.24) is 9.55 Å². The van der Waals surface area contributed by atoms with Crippen molar-refractivity contribution in [2.24, 2.45) is 18.9 Å². The third kappa shape index (κ3) is 4.77. The molecule has 1 rings (SSSR count). The Morgan fingerprint density at radius 1 is 1.50 bits per heavy atom. The summed E-state index contributed by atoms with van der Waals surface area (Å²) in [5.41, 5.74) is 0. The summed E-state index contributed by atoms with van der Waals surface area (Å²) >= 11 is 0. The molecule has 2 N–H and O–H groups in total. The molecule has 0 spiro atoms. The van der Waals surface area contributed by atoms with Crippen molar-refractivity contribution in [3.05, 3.63) is 12.4 Å². The van der Waals surface area contributed by atoms with Crippen molar-refractivity contribution in [2.75, 3.05) is 11.9 Å². The number of imidazole rings is 1. The van der Waals surface area contributed by atoms with Crippen LogP contribution in [0.3, 0.4) is 0 Å². The molecule has 0 saturated heterocycles. The minimum absolute atomic E-state index is 0.255. The molecule has 102 valence electrons. The van der Waals surface area contributed by atoms with Crippen LogP contribution in [0.5, 0.6) is 0 Å². The SMILES string of the molecule is CC(C)C(CCNc1nccn1C)CCC(=O)O. The molecule has 5 nitrogen and oxygen atoms in total. The van der Waals surface area contributed by atoms with E-state index in [1.54, 1.807) is 6.20 Å². The van der Waals surface area contributed by atoms with Crippen molar-refractivity contribution in [2.45, 2.75) is 33.1 Å². The number of aliphatic carboxylic acids is 1. The van der Waals surface area contributed by atoms with Gasteiger partial charge in [-0.25, -0.2) is 4.98 Å². The van der Waals surface area contributed by atoms with Crippen LogP contribution >= 0.6 is 0 Å². The van der Waals surface area contributed by atoms with Crippen LogP contribution < -0.4 is 5.32 Å². The topological polar surface area (TPSA) is 67.2 Å². The molecule has 0 aliphatic heterocycles. The molecule has 0 amide bonds. The lowest BCUT2D eigenvalue weighted by atomic mass is 9.88. The van der Waals surface area contributed by atoms with E-state index in [-0.39, 0.29) is 6.42 Å². The molecule has 0 aliphatic rings. The van der Waals surface area contributed by atoms with Crippen molar-refractivity contribution in [3.8, 4) is 0 Å². The smallest absolute Gasteiger partial charge is 0.303 e. The zero-order chi connectivity index (χ0) is 13.5. The summed E-state index contributed by atoms with van der Waals surface area (Å²) in [6.45, 7) is 5.12. The van der Waals surface area contributed by atoms with Crippen LogP contribution in [-0.2, 0) is 11.8 Å². The second kappa shape index (κ2) is 7.03. The first-order chi connectivity index (χ1) is 8.50. The van der Waals surface area contributed by atoms with Crippen molar-refractivity contribution >= 4 is 11.9 Å². The van der Waals surface area contributed by atoms with E-state index in [9.17, 15) is 4.79 Å². The van der Waals surface area contributed by atoms with Crippen LogP contribution in [0.2, 0.25) is 0 Å². The highest BCUT2D eigenvalue weighted by Gasteiger charge is 2.14. The summed E-state index contributed by atoms with van der Waals surface area (Å²) in [5.74, 6) is 1.09. The normalized spacial score (nSPS) is 12.7. The second-order valence-electron chi connectivity index (χ2n) is 5.01. The molecule has 1 unspecified atom stereocenters. The Bertz CT molecular complexity index is 374. The maximum Gasteiger partial charge on any atom is 0.303 e. The predicted octanol–water partition coefficient (Wildman–Crippen LogP) is 2.36. The fourth-order valence-electron chi connectivity index (χ4n) is 2.03. The van der Waals surface area contributed by atoms with Crippen LogP contribution in [-0.4, -0.2) is 27.2 Å². The predicted molar refractivity (Wildman–Crippen MR) is 71.5 cm³/mol. The number of nitrogens with zero attached hydrogens (tertiary/aromatic N) is 2. The van der Waals surface area contributed by atoms with Crippen LogP contribution in [0.4, 0.5) is 5.95 Å². The number of aryl methyl sites for hydroxylation is 1. The molecule has 0 saturated carbocycles. The molecule has 1 heterocycles. The monoisotopic (exact) mass is 253 g/mol. The van der Waals surface area contributed by atoms with E-state index in [0.717, 1.165) is 25.3 Å². The number of aromatic nitrogens is 2. The summed E-state index contributed by atoms with van der Waals surface area (Å²) in [6.07, 6.45) is 5.62. The van der Waals surface area contributed by atoms with E-state index in [0.29, 0.717) is 11.8 Å². The average molecular weight is 253 g/mol. The molecule has 1 atom stereocenters. The number of carbonyl (C=O) groups is 1. The molecule has 5 heteroatoms. The first kappa shape index (κ1) is 14.5. The van der Waals surface area contributed by atoms with Gasteiger partial charge < -0.3 is 15.0 Å². The van der Waals surface area contributed by atoms with E-state index < -0.39 is 5.97 Å². The van der Waals surface area contributed by atoms with Crippen molar-refractivity contribution in [3.63, 3.8) is 0 Å². The van der Waals surface area contributed by atoms with Crippen LogP contribution in [0.15, 0.2) is 12.4 Å². The Morgan fingerprint density at radius 2 is 2.22 bits per heavy atom. The molecule has 1 aromatic rings. The second-order valence-corrected chi connectivity index (χ2v) is 5.01. The number of hydrogen-bond donors (Lipinski definition) is 2. The van der Waals surface area contributed by atoms with Crippen LogP contribution in [0, 0.1) is 11.8 Å². The van der Waals surface area contributed by atoms with Crippen molar-refractivity contribution in [1.29, 1.82) is 0 Å². The molecule has 0 fully saturated rings. The van der Waals surface area contributed by atoms with Gasteiger partial charge in [-0.05, 0) is 24.7 Å². The number of carboxylic acids is 1. The highest BCUT2D eigenvalue weighted by atomic mass is 16.4. The van der Waals surface area contributed by atoms with E-state index in [1.165, 1.54) is 0 Å². The number of rotatable bonds is 8. The Kier molecular flexibility index (Phi) is 5.68. The van der Waals surface area contributed by atoms with Gasteiger partial charge in [0.05, 0.1) is 0 Å². The van der Waals surface area contributed by atoms with E-state index >= 15 is 0 Å². The van der Waals surface area contributed by atoms with Gasteiger partial charge in [0.2, 0.25) is 5.95 Å². The minimum Gasteiger partial charge on any atom is -0.481 e. The van der Waals surface area contributed by atoms with Gasteiger partial charge in [-0.15, -0.1) is 0 Å². The molecule has 0 aromatic carbocycles. The van der Waals surface area contributed by atoms with Gasteiger partial charge in [0.1, 0.15) is 0 Å². The number of nitrogens with one attached hydrogen (secondary N) is 1. The lowest BCUT2D eigenvalue weighted by molar-refractivity contribution is -0.137. The molecule has 18 heavy (non-hydrogen) atoms. The minimum atomic E-state index is -0.710. The number of hydrogen-bond acceptors (Lipinski definition) is 3. The summed E-state index contributed by atoms with van der Waals surface area (Å²) in [5, 5.41) is 12.0. The fraction of sp³-hybridized carbons (Fsp3) is 0.692. The highest BCUT2D eigenvalue weighted by Crippen LogP contribution is 2.21. The molecular formula is C13H23N3O2. The molecule has 1 aromatic heterocycles. The van der Waals surface area contributed by atoms with Gasteiger partial charge >= 0.3 is 5.97 Å². The lowest BCUT2D eigenvalue weighted by Crippen LogP contribution is -2.16. The van der Waals surface area contributed by atoms with Crippen molar-refractivity contribution < 1.29 is 9.90 Å². The first-order valence-electron chi connectivity index (χ1n) is 6.43. The maximum absolute atomic E-state index is 10.6. The van der Waals surface area contributed by atoms with E-state index in [1.807, 2.05) is 17.8 Å². The van der Waals surface area contributed by atoms with Gasteiger partial charge in [0, 0.05) is 32.4 Å². The fourth-order valence-corrected chi connectivity index (χ4v) is 2.03. The average Bonchev–Trinajstić information content (AvgIpc) is 2.68. The van der Waals surface area contributed by atoms with Crippen LogP contribution in [0.1, 0.15) is 33.1 Å². The summed E-state index contributed by atoms with van der Waals surface area (Å²) in [6, 6.07) is 0. The van der Waals surface area contributed by atoms with Gasteiger partial charge in [0.25, 0.3) is 0 Å². The van der Waals surface area contributed by atoms with E-state index in [2.05, 4.69) is 24.1 Å². The lowest BCUT2D eigenvalue weighted by Gasteiger charge is -2.20. The third-order valence-electron chi connectivity index (χ3n) is 3.29. The quantitative estimate of drug-likeness (QED) is 0.746. The van der Waals surface area contributed by atoms with Gasteiger partial charge in [-0.1, -0.05) is 13.8 Å². The Morgan fingerprint density at radius 3 is 2.72 bits per heavy atom. The largest absolute Gasteiger partial charge is 0.481 e. The third-order valence-corrected chi connectivity index (χ3v) is 3.29. The summed E-state index contributed by atoms with van der Waals surface area (Å²) in [7, 11) is 1.94. The Labute approximate surface area is 108 Å².